The summed E-state index contributed by atoms with van der Waals surface area (Å²) in [6.07, 6.45) is 1.15. The molecule has 1 aliphatic rings. The van der Waals surface area contributed by atoms with Crippen LogP contribution in [0.3, 0.4) is 0 Å². The van der Waals surface area contributed by atoms with Crippen molar-refractivity contribution in [2.24, 2.45) is 5.92 Å². The summed E-state index contributed by atoms with van der Waals surface area (Å²) in [5.74, 6) is -0.512. The fraction of sp³-hybridized carbons (Fsp3) is 0.318. The summed E-state index contributed by atoms with van der Waals surface area (Å²) in [4.78, 5) is 39.3. The molecule has 1 saturated heterocycles. The molecule has 0 bridgehead atoms. The van der Waals surface area contributed by atoms with Gasteiger partial charge in [-0.05, 0) is 42.8 Å². The van der Waals surface area contributed by atoms with Crippen LogP contribution in [0, 0.1) is 12.8 Å². The molecule has 1 fully saturated rings. The van der Waals surface area contributed by atoms with Crippen molar-refractivity contribution in [1.82, 2.24) is 4.90 Å². The summed E-state index contributed by atoms with van der Waals surface area (Å²) in [5.41, 5.74) is 1.65. The molecule has 4 rings (SSSR count). The molecule has 150 valence electrons. The minimum atomic E-state index is -0.463. The number of hydrogen-bond donors (Lipinski definition) is 0. The number of benzene rings is 1. The number of ether oxygens (including phenoxy) is 1. The lowest BCUT2D eigenvalue weighted by Crippen LogP contribution is -2.40. The second-order valence-electron chi connectivity index (χ2n) is 7.24. The minimum absolute atomic E-state index is 0.0181. The van der Waals surface area contributed by atoms with Crippen LogP contribution in [0.15, 0.2) is 51.0 Å². The van der Waals surface area contributed by atoms with Gasteiger partial charge in [0, 0.05) is 30.1 Å². The van der Waals surface area contributed by atoms with Gasteiger partial charge in [-0.25, -0.2) is 4.79 Å². The lowest BCUT2D eigenvalue weighted by Gasteiger charge is -2.30. The molecule has 29 heavy (non-hydrogen) atoms. The van der Waals surface area contributed by atoms with Crippen molar-refractivity contribution in [3.8, 4) is 0 Å². The monoisotopic (exact) mass is 411 g/mol. The molecule has 1 amide bonds. The van der Waals surface area contributed by atoms with Crippen molar-refractivity contribution in [3.63, 3.8) is 0 Å². The number of aryl methyl sites for hydroxylation is 1. The molecule has 0 N–H and O–H groups in total. The maximum Gasteiger partial charge on any atom is 0.336 e. The average Bonchev–Trinajstić information content (AvgIpc) is 3.25. The van der Waals surface area contributed by atoms with E-state index in [0.29, 0.717) is 37.1 Å². The summed E-state index contributed by atoms with van der Waals surface area (Å²) in [5, 5.41) is 2.64. The van der Waals surface area contributed by atoms with Gasteiger partial charge < -0.3 is 14.1 Å². The number of nitrogens with zero attached hydrogens (tertiary/aromatic N) is 1. The molecule has 1 aliphatic heterocycles. The van der Waals surface area contributed by atoms with E-state index in [1.807, 2.05) is 36.6 Å². The van der Waals surface area contributed by atoms with Crippen molar-refractivity contribution < 1.29 is 18.7 Å². The number of amides is 1. The lowest BCUT2D eigenvalue weighted by atomic mass is 9.97. The normalized spacial score (nSPS) is 14.9. The van der Waals surface area contributed by atoms with Gasteiger partial charge in [0.05, 0.1) is 10.8 Å². The first kappa shape index (κ1) is 19.4. The van der Waals surface area contributed by atoms with Gasteiger partial charge in [-0.15, -0.1) is 11.3 Å². The highest BCUT2D eigenvalue weighted by molar-refractivity contribution is 7.12. The van der Waals surface area contributed by atoms with E-state index in [1.165, 1.54) is 17.4 Å². The second kappa shape index (κ2) is 8.21. The van der Waals surface area contributed by atoms with Crippen molar-refractivity contribution in [3.05, 3.63) is 68.2 Å². The molecule has 0 aliphatic carbocycles. The number of rotatable bonds is 4. The van der Waals surface area contributed by atoms with E-state index in [-0.39, 0.29) is 24.4 Å². The van der Waals surface area contributed by atoms with Crippen LogP contribution in [-0.2, 0) is 16.1 Å². The van der Waals surface area contributed by atoms with Crippen molar-refractivity contribution in [2.75, 3.05) is 13.1 Å². The summed E-state index contributed by atoms with van der Waals surface area (Å²) >= 11 is 1.42. The fourth-order valence-electron chi connectivity index (χ4n) is 3.60. The van der Waals surface area contributed by atoms with Gasteiger partial charge in [-0.3, -0.25) is 9.59 Å². The molecule has 0 unspecified atom stereocenters. The van der Waals surface area contributed by atoms with Crippen LogP contribution in [0.1, 0.15) is 33.6 Å². The number of piperidine rings is 1. The molecular weight excluding hydrogens is 390 g/mol. The number of carbonyl (C=O) groups excluding carboxylic acids is 2. The molecule has 6 nitrogen and oxygen atoms in total. The summed E-state index contributed by atoms with van der Waals surface area (Å²) in [7, 11) is 0. The molecule has 0 atom stereocenters. The highest BCUT2D eigenvalue weighted by atomic mass is 32.1. The fourth-order valence-corrected chi connectivity index (χ4v) is 4.29. The smallest absolute Gasteiger partial charge is 0.336 e. The molecular formula is C22H21NO5S. The second-order valence-corrected chi connectivity index (χ2v) is 8.19. The van der Waals surface area contributed by atoms with Crippen molar-refractivity contribution in [1.29, 1.82) is 0 Å². The predicted octanol–water partition coefficient (Wildman–Crippen LogP) is 3.76. The Bertz CT molecular complexity index is 1090. The van der Waals surface area contributed by atoms with Crippen molar-refractivity contribution in [2.45, 2.75) is 26.4 Å². The van der Waals surface area contributed by atoms with Gasteiger partial charge in [-0.1, -0.05) is 18.2 Å². The Labute approximate surface area is 171 Å². The van der Waals surface area contributed by atoms with E-state index in [1.54, 1.807) is 11.0 Å². The lowest BCUT2D eigenvalue weighted by molar-refractivity contribution is -0.151. The molecule has 3 heterocycles. The van der Waals surface area contributed by atoms with Crippen molar-refractivity contribution >= 4 is 34.2 Å². The minimum Gasteiger partial charge on any atom is -0.461 e. The largest absolute Gasteiger partial charge is 0.461 e. The van der Waals surface area contributed by atoms with E-state index >= 15 is 0 Å². The Morgan fingerprint density at radius 3 is 2.72 bits per heavy atom. The van der Waals surface area contributed by atoms with E-state index in [2.05, 4.69) is 0 Å². The Morgan fingerprint density at radius 2 is 2.00 bits per heavy atom. The average molecular weight is 411 g/mol. The van der Waals surface area contributed by atoms with Gasteiger partial charge in [0.1, 0.15) is 12.2 Å². The zero-order valence-corrected chi connectivity index (χ0v) is 16.9. The Kier molecular flexibility index (Phi) is 5.49. The summed E-state index contributed by atoms with van der Waals surface area (Å²) < 4.78 is 10.7. The Balaban J connectivity index is 1.37. The Morgan fingerprint density at radius 1 is 1.21 bits per heavy atom. The van der Waals surface area contributed by atoms with Crippen LogP contribution in [0.2, 0.25) is 0 Å². The number of thiophene rings is 1. The van der Waals surface area contributed by atoms with Crippen LogP contribution in [0.4, 0.5) is 0 Å². The van der Waals surface area contributed by atoms with Crippen LogP contribution in [-0.4, -0.2) is 29.9 Å². The topological polar surface area (TPSA) is 76.8 Å². The third-order valence-electron chi connectivity index (χ3n) is 5.20. The molecule has 2 aromatic heterocycles. The van der Waals surface area contributed by atoms with E-state index in [0.717, 1.165) is 15.8 Å². The third-order valence-corrected chi connectivity index (χ3v) is 6.06. The first-order valence-corrected chi connectivity index (χ1v) is 10.4. The highest BCUT2D eigenvalue weighted by Crippen LogP contribution is 2.23. The summed E-state index contributed by atoms with van der Waals surface area (Å²) in [6, 6.07) is 10.6. The first-order valence-electron chi connectivity index (χ1n) is 9.54. The standard InChI is InChI=1S/C22H21NO5S/c1-14-4-5-17-16(12-20(24)28-18(17)11-14)13-27-22(26)15-6-8-23(9-7-15)21(25)19-3-2-10-29-19/h2-5,10-12,15H,6-9,13H2,1H3. The number of likely N-dealkylation sites (tertiary alicyclic amines) is 1. The maximum absolute atomic E-state index is 12.5. The summed E-state index contributed by atoms with van der Waals surface area (Å²) in [6.45, 7) is 3.02. The molecule has 0 saturated carbocycles. The van der Waals surface area contributed by atoms with Crippen LogP contribution < -0.4 is 5.63 Å². The van der Waals surface area contributed by atoms with Crippen LogP contribution in [0.25, 0.3) is 11.0 Å². The quantitative estimate of drug-likeness (QED) is 0.483. The zero-order valence-electron chi connectivity index (χ0n) is 16.1. The van der Waals surface area contributed by atoms with Gasteiger partial charge in [0.15, 0.2) is 0 Å². The SMILES string of the molecule is Cc1ccc2c(COC(=O)C3CCN(C(=O)c4cccs4)CC3)cc(=O)oc2c1. The molecule has 3 aromatic rings. The van der Waals surface area contributed by atoms with E-state index in [9.17, 15) is 14.4 Å². The van der Waals surface area contributed by atoms with Crippen LogP contribution in [0.5, 0.6) is 0 Å². The molecule has 0 spiro atoms. The number of hydrogen-bond acceptors (Lipinski definition) is 6. The third kappa shape index (κ3) is 4.24. The highest BCUT2D eigenvalue weighted by Gasteiger charge is 2.29. The van der Waals surface area contributed by atoms with E-state index in [4.69, 9.17) is 9.15 Å². The molecule has 0 radical (unpaired) electrons. The number of carbonyl (C=O) groups is 2. The van der Waals surface area contributed by atoms with Crippen LogP contribution >= 0.6 is 11.3 Å². The van der Waals surface area contributed by atoms with Gasteiger partial charge in [0.25, 0.3) is 5.91 Å². The maximum atomic E-state index is 12.5. The van der Waals surface area contributed by atoms with Gasteiger partial charge in [0.2, 0.25) is 0 Å². The predicted molar refractivity (Wildman–Crippen MR) is 110 cm³/mol. The zero-order chi connectivity index (χ0) is 20.4. The van der Waals surface area contributed by atoms with Gasteiger partial charge >= 0.3 is 11.6 Å². The number of fused-ring (bicyclic) bond motifs is 1. The first-order chi connectivity index (χ1) is 14.0. The molecule has 7 heteroatoms. The van der Waals surface area contributed by atoms with Gasteiger partial charge in [-0.2, -0.15) is 0 Å². The number of esters is 1. The van der Waals surface area contributed by atoms with E-state index < -0.39 is 5.63 Å². The Hall–Kier alpha value is -2.93. The molecule has 1 aromatic carbocycles.